The standard InChI is InChI=1S/C18H17N3O2S2/c1-3-8-19-18-21-15(11-25-18)17(22)23-9-14-10-24-16(20-14)13-6-4-12(2)5-7-13/h3-7,10-11H,1,8-9H2,2H3,(H,19,21). The van der Waals surface area contributed by atoms with Gasteiger partial charge in [-0.3, -0.25) is 0 Å². The van der Waals surface area contributed by atoms with E-state index in [-0.39, 0.29) is 6.61 Å². The quantitative estimate of drug-likeness (QED) is 0.488. The number of anilines is 1. The number of ether oxygens (including phenoxy) is 1. The highest BCUT2D eigenvalue weighted by Crippen LogP contribution is 2.24. The Kier molecular flexibility index (Phi) is 5.57. The van der Waals surface area contributed by atoms with Crippen LogP contribution in [0.15, 0.2) is 47.7 Å². The molecule has 0 amide bonds. The van der Waals surface area contributed by atoms with Gasteiger partial charge in [-0.15, -0.1) is 29.3 Å². The number of benzene rings is 1. The van der Waals surface area contributed by atoms with Gasteiger partial charge in [-0.1, -0.05) is 35.9 Å². The molecule has 2 heterocycles. The second-order valence-electron chi connectivity index (χ2n) is 5.29. The highest BCUT2D eigenvalue weighted by Gasteiger charge is 2.13. The summed E-state index contributed by atoms with van der Waals surface area (Å²) in [5.74, 6) is -0.451. The van der Waals surface area contributed by atoms with E-state index >= 15 is 0 Å². The maximum atomic E-state index is 12.1. The Morgan fingerprint density at radius 1 is 1.24 bits per heavy atom. The molecule has 0 aliphatic rings. The number of nitrogens with one attached hydrogen (secondary N) is 1. The first-order valence-corrected chi connectivity index (χ1v) is 9.40. The molecule has 0 aliphatic heterocycles. The van der Waals surface area contributed by atoms with Crippen LogP contribution < -0.4 is 5.32 Å². The van der Waals surface area contributed by atoms with Gasteiger partial charge in [-0.05, 0) is 6.92 Å². The van der Waals surface area contributed by atoms with Gasteiger partial charge in [0.15, 0.2) is 10.8 Å². The molecule has 0 saturated carbocycles. The van der Waals surface area contributed by atoms with E-state index in [2.05, 4.69) is 34.0 Å². The van der Waals surface area contributed by atoms with Crippen molar-refractivity contribution in [2.24, 2.45) is 0 Å². The minimum atomic E-state index is -0.451. The molecule has 0 unspecified atom stereocenters. The molecule has 2 aromatic heterocycles. The number of esters is 1. The molecule has 0 aliphatic carbocycles. The Bertz CT molecular complexity index is 869. The molecule has 0 atom stereocenters. The van der Waals surface area contributed by atoms with Gasteiger partial charge in [-0.25, -0.2) is 14.8 Å². The second-order valence-corrected chi connectivity index (χ2v) is 7.01. The number of nitrogens with zero attached hydrogens (tertiary/aromatic N) is 2. The van der Waals surface area contributed by atoms with Crippen LogP contribution in [0.5, 0.6) is 0 Å². The Labute approximate surface area is 154 Å². The normalized spacial score (nSPS) is 10.4. The van der Waals surface area contributed by atoms with Gasteiger partial charge >= 0.3 is 5.97 Å². The summed E-state index contributed by atoms with van der Waals surface area (Å²) >= 11 is 2.89. The highest BCUT2D eigenvalue weighted by atomic mass is 32.1. The summed E-state index contributed by atoms with van der Waals surface area (Å²) in [6.07, 6.45) is 1.73. The van der Waals surface area contributed by atoms with E-state index in [1.807, 2.05) is 24.4 Å². The number of hydrogen-bond acceptors (Lipinski definition) is 7. The maximum Gasteiger partial charge on any atom is 0.358 e. The summed E-state index contributed by atoms with van der Waals surface area (Å²) in [7, 11) is 0. The van der Waals surface area contributed by atoms with Gasteiger partial charge in [-0.2, -0.15) is 0 Å². The fourth-order valence-corrected chi connectivity index (χ4v) is 3.52. The van der Waals surface area contributed by atoms with Crippen LogP contribution in [0.1, 0.15) is 21.7 Å². The van der Waals surface area contributed by atoms with Crippen molar-refractivity contribution >= 4 is 33.8 Å². The van der Waals surface area contributed by atoms with Crippen LogP contribution in [0.4, 0.5) is 5.13 Å². The van der Waals surface area contributed by atoms with Crippen molar-refractivity contribution in [3.63, 3.8) is 0 Å². The minimum absolute atomic E-state index is 0.133. The maximum absolute atomic E-state index is 12.1. The molecule has 25 heavy (non-hydrogen) atoms. The van der Waals surface area contributed by atoms with Crippen molar-refractivity contribution in [3.05, 3.63) is 64.6 Å². The van der Waals surface area contributed by atoms with E-state index in [0.717, 1.165) is 16.3 Å². The molecule has 0 radical (unpaired) electrons. The third-order valence-corrected chi connectivity index (χ3v) is 5.05. The molecule has 5 nitrogen and oxygen atoms in total. The van der Waals surface area contributed by atoms with E-state index in [1.54, 1.807) is 11.5 Å². The lowest BCUT2D eigenvalue weighted by molar-refractivity contribution is 0.0462. The number of aryl methyl sites for hydroxylation is 1. The number of hydrogen-bond donors (Lipinski definition) is 1. The molecule has 3 rings (SSSR count). The Morgan fingerprint density at radius 2 is 2.04 bits per heavy atom. The Morgan fingerprint density at radius 3 is 2.80 bits per heavy atom. The average Bonchev–Trinajstić information content (AvgIpc) is 3.28. The molecule has 1 N–H and O–H groups in total. The third-order valence-electron chi connectivity index (χ3n) is 3.31. The number of rotatable bonds is 7. The van der Waals surface area contributed by atoms with E-state index in [0.29, 0.717) is 17.4 Å². The SMILES string of the molecule is C=CCNc1nc(C(=O)OCc2csc(-c3ccc(C)cc3)n2)cs1. The van der Waals surface area contributed by atoms with Gasteiger partial charge in [0.25, 0.3) is 0 Å². The van der Waals surface area contributed by atoms with Crippen molar-refractivity contribution in [1.82, 2.24) is 9.97 Å². The van der Waals surface area contributed by atoms with Crippen LogP contribution in [-0.2, 0) is 11.3 Å². The summed E-state index contributed by atoms with van der Waals surface area (Å²) in [6.45, 7) is 6.41. The van der Waals surface area contributed by atoms with Crippen molar-refractivity contribution in [2.45, 2.75) is 13.5 Å². The first-order chi connectivity index (χ1) is 12.2. The summed E-state index contributed by atoms with van der Waals surface area (Å²) in [4.78, 5) is 20.8. The van der Waals surface area contributed by atoms with Crippen LogP contribution >= 0.6 is 22.7 Å². The van der Waals surface area contributed by atoms with Crippen molar-refractivity contribution in [1.29, 1.82) is 0 Å². The molecule has 0 fully saturated rings. The topological polar surface area (TPSA) is 64.1 Å². The predicted octanol–water partition coefficient (Wildman–Crippen LogP) is 4.53. The summed E-state index contributed by atoms with van der Waals surface area (Å²) in [5, 5.41) is 8.20. The highest BCUT2D eigenvalue weighted by molar-refractivity contribution is 7.14. The fourth-order valence-electron chi connectivity index (χ4n) is 2.02. The zero-order valence-corrected chi connectivity index (χ0v) is 15.3. The number of carbonyl (C=O) groups is 1. The van der Waals surface area contributed by atoms with Gasteiger partial charge in [0.1, 0.15) is 11.6 Å². The van der Waals surface area contributed by atoms with Crippen LogP contribution in [0.2, 0.25) is 0 Å². The summed E-state index contributed by atoms with van der Waals surface area (Å²) < 4.78 is 5.30. The van der Waals surface area contributed by atoms with Gasteiger partial charge in [0, 0.05) is 22.9 Å². The molecule has 0 spiro atoms. The van der Waals surface area contributed by atoms with Crippen LogP contribution in [-0.4, -0.2) is 22.5 Å². The average molecular weight is 371 g/mol. The number of carbonyl (C=O) groups excluding carboxylic acids is 1. The van der Waals surface area contributed by atoms with Crippen molar-refractivity contribution in [3.8, 4) is 10.6 Å². The Hall–Kier alpha value is -2.51. The van der Waals surface area contributed by atoms with Crippen LogP contribution in [0.3, 0.4) is 0 Å². The van der Waals surface area contributed by atoms with Gasteiger partial charge in [0.05, 0.1) is 5.69 Å². The van der Waals surface area contributed by atoms with E-state index in [4.69, 9.17) is 4.74 Å². The van der Waals surface area contributed by atoms with Gasteiger partial charge < -0.3 is 10.1 Å². The van der Waals surface area contributed by atoms with E-state index in [1.165, 1.54) is 28.2 Å². The molecule has 0 bridgehead atoms. The summed E-state index contributed by atoms with van der Waals surface area (Å²) in [6, 6.07) is 8.18. The van der Waals surface area contributed by atoms with E-state index < -0.39 is 5.97 Å². The molecule has 7 heteroatoms. The minimum Gasteiger partial charge on any atom is -0.454 e. The first-order valence-electron chi connectivity index (χ1n) is 7.64. The second kappa shape index (κ2) is 8.04. The van der Waals surface area contributed by atoms with Crippen LogP contribution in [0.25, 0.3) is 10.6 Å². The summed E-state index contributed by atoms with van der Waals surface area (Å²) in [5.41, 5.74) is 3.30. The first kappa shape index (κ1) is 17.3. The third kappa shape index (κ3) is 4.52. The number of thiazole rings is 2. The van der Waals surface area contributed by atoms with Crippen LogP contribution in [0, 0.1) is 6.92 Å². The molecule has 3 aromatic rings. The zero-order valence-electron chi connectivity index (χ0n) is 13.7. The van der Waals surface area contributed by atoms with E-state index in [9.17, 15) is 4.79 Å². The van der Waals surface area contributed by atoms with Crippen molar-refractivity contribution < 1.29 is 9.53 Å². The smallest absolute Gasteiger partial charge is 0.358 e. The molecular weight excluding hydrogens is 354 g/mol. The predicted molar refractivity (Wildman–Crippen MR) is 102 cm³/mol. The zero-order chi connectivity index (χ0) is 17.6. The fraction of sp³-hybridized carbons (Fsp3) is 0.167. The molecular formula is C18H17N3O2S2. The lowest BCUT2D eigenvalue weighted by atomic mass is 10.2. The van der Waals surface area contributed by atoms with Gasteiger partial charge in [0.2, 0.25) is 0 Å². The number of aromatic nitrogens is 2. The largest absolute Gasteiger partial charge is 0.454 e. The molecule has 128 valence electrons. The monoisotopic (exact) mass is 371 g/mol. The lowest BCUT2D eigenvalue weighted by Gasteiger charge is -2.00. The molecule has 1 aromatic carbocycles. The molecule has 0 saturated heterocycles. The van der Waals surface area contributed by atoms with Crippen molar-refractivity contribution in [2.75, 3.05) is 11.9 Å². The lowest BCUT2D eigenvalue weighted by Crippen LogP contribution is -2.06. The Balaban J connectivity index is 1.58.